The standard InChI is InChI=1S/C9H12NO2S/c1-2-8-3-5-9(6-4-8)10-7-13(11)12/h3-6,10,13H,1-2,7H2. The molecule has 0 heterocycles. The molecule has 0 aromatic heterocycles. The lowest BCUT2D eigenvalue weighted by molar-refractivity contribution is 0.616. The van der Waals surface area contributed by atoms with Gasteiger partial charge in [-0.3, -0.25) is 0 Å². The Balaban J connectivity index is 2.59. The van der Waals surface area contributed by atoms with Crippen LogP contribution in [0, 0.1) is 6.92 Å². The van der Waals surface area contributed by atoms with Gasteiger partial charge in [-0.15, -0.1) is 0 Å². The first-order valence-corrected chi connectivity index (χ1v) is 5.32. The lowest BCUT2D eigenvalue weighted by Gasteiger charge is -2.02. The van der Waals surface area contributed by atoms with Crippen LogP contribution in [0.2, 0.25) is 0 Å². The number of anilines is 1. The summed E-state index contributed by atoms with van der Waals surface area (Å²) < 4.78 is 20.5. The molecule has 0 spiro atoms. The summed E-state index contributed by atoms with van der Waals surface area (Å²) in [5.41, 5.74) is 1.95. The minimum atomic E-state index is -2.36. The normalized spacial score (nSPS) is 10.3. The van der Waals surface area contributed by atoms with E-state index in [2.05, 4.69) is 12.2 Å². The molecule has 0 fully saturated rings. The Labute approximate surface area is 79.7 Å². The highest BCUT2D eigenvalue weighted by Crippen LogP contribution is 2.08. The average molecular weight is 198 g/mol. The fraction of sp³-hybridized carbons (Fsp3) is 0.222. The highest BCUT2D eigenvalue weighted by atomic mass is 32.2. The second-order valence-corrected chi connectivity index (χ2v) is 3.60. The molecule has 0 saturated heterocycles. The van der Waals surface area contributed by atoms with Crippen LogP contribution in [-0.2, 0) is 17.1 Å². The number of nitrogens with one attached hydrogen (secondary N) is 1. The van der Waals surface area contributed by atoms with E-state index in [0.717, 1.165) is 17.7 Å². The zero-order valence-corrected chi connectivity index (χ0v) is 8.09. The van der Waals surface area contributed by atoms with E-state index in [1.807, 2.05) is 24.3 Å². The van der Waals surface area contributed by atoms with Gasteiger partial charge in [-0.05, 0) is 31.0 Å². The second-order valence-electron chi connectivity index (χ2n) is 2.61. The minimum absolute atomic E-state index is 0.0148. The minimum Gasteiger partial charge on any atom is -0.372 e. The number of thiol groups is 1. The van der Waals surface area contributed by atoms with Crippen molar-refractivity contribution in [2.24, 2.45) is 0 Å². The van der Waals surface area contributed by atoms with Crippen molar-refractivity contribution in [1.82, 2.24) is 0 Å². The molecule has 4 heteroatoms. The first-order chi connectivity index (χ1) is 6.22. The molecule has 1 radical (unpaired) electrons. The van der Waals surface area contributed by atoms with Gasteiger partial charge in [0.05, 0.1) is 0 Å². The predicted molar refractivity (Wildman–Crippen MR) is 54.3 cm³/mol. The van der Waals surface area contributed by atoms with Crippen molar-refractivity contribution < 1.29 is 8.42 Å². The number of hydrogen-bond donors (Lipinski definition) is 2. The molecule has 0 unspecified atom stereocenters. The Bertz CT molecular complexity index is 322. The molecule has 0 amide bonds. The molecule has 1 rings (SSSR count). The highest BCUT2D eigenvalue weighted by Gasteiger charge is 1.92. The molecular formula is C9H12NO2S. The molecule has 0 aliphatic rings. The van der Waals surface area contributed by atoms with Gasteiger partial charge in [-0.25, -0.2) is 8.42 Å². The van der Waals surface area contributed by atoms with E-state index in [0.29, 0.717) is 0 Å². The Morgan fingerprint density at radius 1 is 1.23 bits per heavy atom. The summed E-state index contributed by atoms with van der Waals surface area (Å²) in [6, 6.07) is 7.54. The molecule has 1 aromatic carbocycles. The number of rotatable bonds is 4. The van der Waals surface area contributed by atoms with Crippen LogP contribution >= 0.6 is 0 Å². The van der Waals surface area contributed by atoms with Crippen molar-refractivity contribution in [3.8, 4) is 0 Å². The summed E-state index contributed by atoms with van der Waals surface area (Å²) in [5.74, 6) is -0.0148. The van der Waals surface area contributed by atoms with Crippen molar-refractivity contribution in [2.45, 2.75) is 6.42 Å². The van der Waals surface area contributed by atoms with Crippen LogP contribution in [0.25, 0.3) is 0 Å². The van der Waals surface area contributed by atoms with Crippen molar-refractivity contribution in [2.75, 3.05) is 11.2 Å². The van der Waals surface area contributed by atoms with E-state index in [9.17, 15) is 8.42 Å². The van der Waals surface area contributed by atoms with Crippen molar-refractivity contribution >= 4 is 16.4 Å². The second kappa shape index (κ2) is 4.87. The van der Waals surface area contributed by atoms with Crippen LogP contribution in [0.15, 0.2) is 24.3 Å². The fourth-order valence-corrected chi connectivity index (χ4v) is 1.26. The summed E-state index contributed by atoms with van der Waals surface area (Å²) in [5, 5.41) is 2.78. The Morgan fingerprint density at radius 2 is 1.85 bits per heavy atom. The summed E-state index contributed by atoms with van der Waals surface area (Å²) in [4.78, 5) is 0. The monoisotopic (exact) mass is 198 g/mol. The van der Waals surface area contributed by atoms with Crippen LogP contribution in [0.4, 0.5) is 5.69 Å². The summed E-state index contributed by atoms with van der Waals surface area (Å²) in [6.07, 6.45) is 0.746. The first-order valence-electron chi connectivity index (χ1n) is 3.96. The molecule has 0 atom stereocenters. The van der Waals surface area contributed by atoms with E-state index in [4.69, 9.17) is 0 Å². The quantitative estimate of drug-likeness (QED) is 0.711. The number of benzene rings is 1. The van der Waals surface area contributed by atoms with Gasteiger partial charge in [-0.1, -0.05) is 12.1 Å². The van der Waals surface area contributed by atoms with Crippen LogP contribution in [-0.4, -0.2) is 14.3 Å². The van der Waals surface area contributed by atoms with E-state index in [-0.39, 0.29) is 5.88 Å². The first kappa shape index (κ1) is 10.1. The topological polar surface area (TPSA) is 46.2 Å². The van der Waals surface area contributed by atoms with Crippen LogP contribution in [0.1, 0.15) is 5.56 Å². The van der Waals surface area contributed by atoms with E-state index >= 15 is 0 Å². The smallest absolute Gasteiger partial charge is 0.158 e. The molecule has 1 N–H and O–H groups in total. The third kappa shape index (κ3) is 3.46. The van der Waals surface area contributed by atoms with Crippen LogP contribution in [0.3, 0.4) is 0 Å². The third-order valence-electron chi connectivity index (χ3n) is 1.65. The lowest BCUT2D eigenvalue weighted by atomic mass is 10.1. The van der Waals surface area contributed by atoms with Crippen molar-refractivity contribution in [3.05, 3.63) is 36.8 Å². The lowest BCUT2D eigenvalue weighted by Crippen LogP contribution is -2.02. The predicted octanol–water partition coefficient (Wildman–Crippen LogP) is 1.04. The molecule has 13 heavy (non-hydrogen) atoms. The molecule has 1 aromatic rings. The highest BCUT2D eigenvalue weighted by molar-refractivity contribution is 7.72. The SMILES string of the molecule is [CH2]Cc1ccc(NC[SH](=O)=O)cc1. The number of hydrogen-bond acceptors (Lipinski definition) is 3. The Morgan fingerprint density at radius 3 is 2.31 bits per heavy atom. The summed E-state index contributed by atoms with van der Waals surface area (Å²) in [7, 11) is -2.36. The van der Waals surface area contributed by atoms with Gasteiger partial charge in [0.2, 0.25) is 0 Å². The van der Waals surface area contributed by atoms with Gasteiger partial charge in [0, 0.05) is 5.69 Å². The maximum absolute atomic E-state index is 10.3. The summed E-state index contributed by atoms with van der Waals surface area (Å²) in [6.45, 7) is 3.74. The van der Waals surface area contributed by atoms with Crippen molar-refractivity contribution in [1.29, 1.82) is 0 Å². The van der Waals surface area contributed by atoms with Gasteiger partial charge in [0.25, 0.3) is 0 Å². The summed E-state index contributed by atoms with van der Waals surface area (Å²) >= 11 is 0. The fourth-order valence-electron chi connectivity index (χ4n) is 0.945. The molecule has 0 saturated carbocycles. The van der Waals surface area contributed by atoms with Crippen LogP contribution < -0.4 is 5.32 Å². The van der Waals surface area contributed by atoms with E-state index in [1.54, 1.807) is 0 Å². The third-order valence-corrected chi connectivity index (χ3v) is 2.07. The zero-order valence-electron chi connectivity index (χ0n) is 7.19. The van der Waals surface area contributed by atoms with Gasteiger partial charge in [0.1, 0.15) is 5.88 Å². The van der Waals surface area contributed by atoms with Gasteiger partial charge >= 0.3 is 0 Å². The zero-order chi connectivity index (χ0) is 9.68. The maximum Gasteiger partial charge on any atom is 0.158 e. The Kier molecular flexibility index (Phi) is 3.76. The van der Waals surface area contributed by atoms with Crippen molar-refractivity contribution in [3.63, 3.8) is 0 Å². The molecular weight excluding hydrogens is 186 g/mol. The molecule has 71 valence electrons. The van der Waals surface area contributed by atoms with E-state index in [1.165, 1.54) is 0 Å². The molecule has 0 aliphatic heterocycles. The van der Waals surface area contributed by atoms with Gasteiger partial charge in [-0.2, -0.15) is 0 Å². The molecule has 0 bridgehead atoms. The maximum atomic E-state index is 10.3. The van der Waals surface area contributed by atoms with E-state index < -0.39 is 10.7 Å². The van der Waals surface area contributed by atoms with Crippen LogP contribution in [0.5, 0.6) is 0 Å². The average Bonchev–Trinajstić information content (AvgIpc) is 2.15. The van der Waals surface area contributed by atoms with Gasteiger partial charge in [0.15, 0.2) is 10.7 Å². The molecule has 3 nitrogen and oxygen atoms in total. The Hall–Kier alpha value is -1.03. The molecule has 0 aliphatic carbocycles. The van der Waals surface area contributed by atoms with Gasteiger partial charge < -0.3 is 5.32 Å². The largest absolute Gasteiger partial charge is 0.372 e.